The molecule has 0 amide bonds. The minimum atomic E-state index is 0.0378. The molecule has 0 bridgehead atoms. The first-order chi connectivity index (χ1) is 14.8. The molecule has 1 aliphatic carbocycles. The van der Waals surface area contributed by atoms with Crippen LogP contribution in [0.25, 0.3) is 12.2 Å². The highest BCUT2D eigenvalue weighted by Gasteiger charge is 2.34. The summed E-state index contributed by atoms with van der Waals surface area (Å²) in [5.41, 5.74) is 5.06. The van der Waals surface area contributed by atoms with Crippen molar-refractivity contribution in [3.63, 3.8) is 0 Å². The fourth-order valence-corrected chi connectivity index (χ4v) is 5.85. The van der Waals surface area contributed by atoms with E-state index in [-0.39, 0.29) is 16.8 Å². The molecule has 0 spiro atoms. The van der Waals surface area contributed by atoms with Crippen LogP contribution in [0.4, 0.5) is 5.13 Å². The molecule has 2 aliphatic rings. The molecular formula is C25H28ClN3OS. The summed E-state index contributed by atoms with van der Waals surface area (Å²) in [5, 5.41) is 5.84. The number of halogens is 1. The van der Waals surface area contributed by atoms with Crippen LogP contribution in [0.1, 0.15) is 55.7 Å². The van der Waals surface area contributed by atoms with Gasteiger partial charge >= 0.3 is 0 Å². The molecule has 2 atom stereocenters. The number of ether oxygens (including phenoxy) is 1. The number of H-pyrrole nitrogens is 1. The van der Waals surface area contributed by atoms with Crippen LogP contribution in [0.5, 0.6) is 5.75 Å². The first-order valence-electron chi connectivity index (χ1n) is 10.8. The van der Waals surface area contributed by atoms with Gasteiger partial charge in [-0.05, 0) is 36.1 Å². The Morgan fingerprint density at radius 3 is 2.68 bits per heavy atom. The summed E-state index contributed by atoms with van der Waals surface area (Å²) in [4.78, 5) is 11.2. The van der Waals surface area contributed by atoms with Gasteiger partial charge in [0.25, 0.3) is 0 Å². The van der Waals surface area contributed by atoms with Crippen molar-refractivity contribution in [2.75, 3.05) is 18.6 Å². The Kier molecular flexibility index (Phi) is 5.14. The van der Waals surface area contributed by atoms with Crippen LogP contribution in [-0.2, 0) is 11.8 Å². The largest absolute Gasteiger partial charge is 0.497 e. The maximum absolute atomic E-state index is 6.47. The molecule has 3 aromatic rings. The van der Waals surface area contributed by atoms with Crippen LogP contribution >= 0.6 is 22.9 Å². The maximum atomic E-state index is 6.47. The molecule has 0 fully saturated rings. The minimum absolute atomic E-state index is 0.0378. The Morgan fingerprint density at radius 1 is 1.23 bits per heavy atom. The highest BCUT2D eigenvalue weighted by molar-refractivity contribution is 7.13. The van der Waals surface area contributed by atoms with Gasteiger partial charge in [0.2, 0.25) is 0 Å². The Bertz CT molecular complexity index is 1220. The molecule has 6 heteroatoms. The minimum Gasteiger partial charge on any atom is -0.497 e. The number of anilines is 1. The predicted molar refractivity (Wildman–Crippen MR) is 130 cm³/mol. The number of nitrogens with one attached hydrogen (secondary N) is 1. The lowest BCUT2D eigenvalue weighted by molar-refractivity contribution is 0.414. The molecule has 0 radical (unpaired) electrons. The summed E-state index contributed by atoms with van der Waals surface area (Å²) in [5.74, 6) is 0.869. The Morgan fingerprint density at radius 2 is 2.00 bits per heavy atom. The van der Waals surface area contributed by atoms with Crippen molar-refractivity contribution in [2.45, 2.75) is 50.4 Å². The quantitative estimate of drug-likeness (QED) is 0.593. The molecule has 2 aromatic heterocycles. The summed E-state index contributed by atoms with van der Waals surface area (Å²) < 4.78 is 5.40. The van der Waals surface area contributed by atoms with Gasteiger partial charge in [-0.15, -0.1) is 22.9 Å². The molecule has 2 unspecified atom stereocenters. The van der Waals surface area contributed by atoms with E-state index >= 15 is 0 Å². The van der Waals surface area contributed by atoms with E-state index in [1.54, 1.807) is 18.4 Å². The van der Waals surface area contributed by atoms with E-state index in [2.05, 4.69) is 60.3 Å². The molecule has 0 saturated carbocycles. The molecule has 1 aromatic carbocycles. The Labute approximate surface area is 192 Å². The van der Waals surface area contributed by atoms with Gasteiger partial charge in [0.1, 0.15) is 5.75 Å². The summed E-state index contributed by atoms with van der Waals surface area (Å²) >= 11 is 8.21. The van der Waals surface area contributed by atoms with E-state index in [0.717, 1.165) is 36.0 Å². The van der Waals surface area contributed by atoms with Crippen molar-refractivity contribution in [3.05, 3.63) is 62.7 Å². The van der Waals surface area contributed by atoms with Crippen LogP contribution in [0.15, 0.2) is 29.6 Å². The fraction of sp³-hybridized carbons (Fsp3) is 0.400. The van der Waals surface area contributed by atoms with Gasteiger partial charge in [0, 0.05) is 33.6 Å². The standard InChI is InChI=1S/C25H28ClN3OS/c1-25(2,3)21-14-31-24(28-21)29-12-11-18-19-13-16(26)7-10-20(19)27-22(18)23(29)15-5-8-17(30-4)9-6-15/h5-6,8-10,13-14,16,23,27H,7,11-12H2,1-4H3. The second-order valence-corrected chi connectivity index (χ2v) is 10.7. The SMILES string of the molecule is COc1ccc(C2c3[nH]c4c(c3CCN2c2nc(C(C)(C)C)cs2)=CC(Cl)CC=4)cc1. The van der Waals surface area contributed by atoms with Crippen LogP contribution < -0.4 is 20.2 Å². The summed E-state index contributed by atoms with van der Waals surface area (Å²) in [6.45, 7) is 7.57. The topological polar surface area (TPSA) is 41.1 Å². The zero-order valence-electron chi connectivity index (χ0n) is 18.4. The van der Waals surface area contributed by atoms with E-state index < -0.39 is 0 Å². The van der Waals surface area contributed by atoms with Gasteiger partial charge in [-0.2, -0.15) is 0 Å². The third kappa shape index (κ3) is 3.68. The monoisotopic (exact) mass is 453 g/mol. The fourth-order valence-electron chi connectivity index (χ4n) is 4.53. The number of thiazole rings is 1. The Balaban J connectivity index is 1.66. The highest BCUT2D eigenvalue weighted by Crippen LogP contribution is 2.39. The lowest BCUT2D eigenvalue weighted by atomic mass is 9.92. The summed E-state index contributed by atoms with van der Waals surface area (Å²) in [6, 6.07) is 8.50. The normalized spacial score (nSPS) is 20.5. The molecular weight excluding hydrogens is 426 g/mol. The first kappa shape index (κ1) is 20.7. The number of aromatic amines is 1. The second kappa shape index (κ2) is 7.72. The number of hydrogen-bond donors (Lipinski definition) is 1. The highest BCUT2D eigenvalue weighted by atomic mass is 35.5. The molecule has 1 aliphatic heterocycles. The summed E-state index contributed by atoms with van der Waals surface area (Å²) in [7, 11) is 1.71. The lowest BCUT2D eigenvalue weighted by Crippen LogP contribution is -2.38. The van der Waals surface area contributed by atoms with Gasteiger partial charge in [-0.1, -0.05) is 45.1 Å². The Hall–Kier alpha value is -2.24. The number of alkyl halides is 1. The lowest BCUT2D eigenvalue weighted by Gasteiger charge is -2.36. The number of methoxy groups -OCH3 is 1. The third-order valence-electron chi connectivity index (χ3n) is 6.23. The number of fused-ring (bicyclic) bond motifs is 3. The maximum Gasteiger partial charge on any atom is 0.186 e. The number of nitrogens with zero attached hydrogens (tertiary/aromatic N) is 2. The smallest absolute Gasteiger partial charge is 0.186 e. The molecule has 31 heavy (non-hydrogen) atoms. The van der Waals surface area contributed by atoms with E-state index in [1.807, 2.05) is 12.1 Å². The molecule has 5 rings (SSSR count). The molecule has 0 saturated heterocycles. The van der Waals surface area contributed by atoms with Gasteiger partial charge < -0.3 is 14.6 Å². The van der Waals surface area contributed by atoms with Gasteiger partial charge in [0.05, 0.1) is 24.2 Å². The van der Waals surface area contributed by atoms with Gasteiger partial charge in [-0.25, -0.2) is 4.98 Å². The average Bonchev–Trinajstić information content (AvgIpc) is 3.38. The van der Waals surface area contributed by atoms with Crippen LogP contribution in [0, 0.1) is 0 Å². The van der Waals surface area contributed by atoms with Crippen LogP contribution in [0.2, 0.25) is 0 Å². The van der Waals surface area contributed by atoms with Gasteiger partial charge in [-0.3, -0.25) is 0 Å². The molecule has 4 nitrogen and oxygen atoms in total. The molecule has 162 valence electrons. The number of benzene rings is 1. The van der Waals surface area contributed by atoms with E-state index in [1.165, 1.54) is 27.4 Å². The zero-order valence-corrected chi connectivity index (χ0v) is 20.0. The molecule has 3 heterocycles. The summed E-state index contributed by atoms with van der Waals surface area (Å²) in [6.07, 6.45) is 6.30. The van der Waals surface area contributed by atoms with Crippen molar-refractivity contribution in [2.24, 2.45) is 0 Å². The molecule has 1 N–H and O–H groups in total. The average molecular weight is 454 g/mol. The van der Waals surface area contributed by atoms with Gasteiger partial charge in [0.15, 0.2) is 5.13 Å². The van der Waals surface area contributed by atoms with Crippen molar-refractivity contribution in [1.29, 1.82) is 0 Å². The van der Waals surface area contributed by atoms with Crippen LogP contribution in [-0.4, -0.2) is 29.0 Å². The van der Waals surface area contributed by atoms with E-state index in [4.69, 9.17) is 21.3 Å². The number of aromatic nitrogens is 2. The number of hydrogen-bond acceptors (Lipinski definition) is 4. The van der Waals surface area contributed by atoms with Crippen molar-refractivity contribution in [1.82, 2.24) is 9.97 Å². The van der Waals surface area contributed by atoms with Crippen LogP contribution in [0.3, 0.4) is 0 Å². The van der Waals surface area contributed by atoms with E-state index in [0.29, 0.717) is 0 Å². The number of rotatable bonds is 3. The van der Waals surface area contributed by atoms with Crippen molar-refractivity contribution >= 4 is 40.2 Å². The third-order valence-corrected chi connectivity index (χ3v) is 7.41. The second-order valence-electron chi connectivity index (χ2n) is 9.35. The first-order valence-corrected chi connectivity index (χ1v) is 12.1. The van der Waals surface area contributed by atoms with E-state index in [9.17, 15) is 0 Å². The predicted octanol–water partition coefficient (Wildman–Crippen LogP) is 4.50. The van der Waals surface area contributed by atoms with Crippen molar-refractivity contribution < 1.29 is 4.74 Å². The zero-order chi connectivity index (χ0) is 21.8. The van der Waals surface area contributed by atoms with Crippen molar-refractivity contribution in [3.8, 4) is 5.75 Å².